The first-order chi connectivity index (χ1) is 8.29. The zero-order valence-electron chi connectivity index (χ0n) is 10.7. The zero-order chi connectivity index (χ0) is 12.1. The Morgan fingerprint density at radius 2 is 2.12 bits per heavy atom. The molecule has 98 valence electrons. The van der Waals surface area contributed by atoms with Crippen LogP contribution in [-0.2, 0) is 9.53 Å². The summed E-state index contributed by atoms with van der Waals surface area (Å²) in [5.41, 5.74) is 0. The summed E-state index contributed by atoms with van der Waals surface area (Å²) in [6, 6.07) is 0. The lowest BCUT2D eigenvalue weighted by Crippen LogP contribution is -2.48. The summed E-state index contributed by atoms with van der Waals surface area (Å²) in [6.07, 6.45) is 1.08. The van der Waals surface area contributed by atoms with E-state index >= 15 is 0 Å². The van der Waals surface area contributed by atoms with Crippen molar-refractivity contribution in [2.75, 3.05) is 59.5 Å². The van der Waals surface area contributed by atoms with Crippen molar-refractivity contribution >= 4 is 5.91 Å². The molecule has 0 saturated carbocycles. The van der Waals surface area contributed by atoms with Gasteiger partial charge in [0.15, 0.2) is 0 Å². The predicted octanol–water partition coefficient (Wildman–Crippen LogP) is -0.613. The fourth-order valence-corrected chi connectivity index (χ4v) is 2.59. The van der Waals surface area contributed by atoms with E-state index in [9.17, 15) is 4.79 Å². The van der Waals surface area contributed by atoms with Gasteiger partial charge in [0.2, 0.25) is 5.91 Å². The van der Waals surface area contributed by atoms with E-state index in [0.29, 0.717) is 12.5 Å². The summed E-state index contributed by atoms with van der Waals surface area (Å²) in [7, 11) is 1.73. The molecule has 2 saturated heterocycles. The Morgan fingerprint density at radius 1 is 1.35 bits per heavy atom. The molecular formula is C12H23N3O2. The third kappa shape index (κ3) is 3.66. The molecule has 0 aromatic rings. The quantitative estimate of drug-likeness (QED) is 0.713. The third-order valence-corrected chi connectivity index (χ3v) is 3.61. The van der Waals surface area contributed by atoms with E-state index in [-0.39, 0.29) is 5.91 Å². The highest BCUT2D eigenvalue weighted by Gasteiger charge is 2.27. The van der Waals surface area contributed by atoms with Gasteiger partial charge in [-0.15, -0.1) is 0 Å². The van der Waals surface area contributed by atoms with Gasteiger partial charge in [-0.2, -0.15) is 0 Å². The summed E-state index contributed by atoms with van der Waals surface area (Å²) in [5, 5.41) is 3.30. The molecule has 0 aromatic carbocycles. The molecule has 2 fully saturated rings. The van der Waals surface area contributed by atoms with Gasteiger partial charge in [-0.1, -0.05) is 0 Å². The molecule has 1 unspecified atom stereocenters. The number of likely N-dealkylation sites (tertiary alicyclic amines) is 1. The monoisotopic (exact) mass is 241 g/mol. The van der Waals surface area contributed by atoms with Crippen LogP contribution in [0.15, 0.2) is 0 Å². The maximum absolute atomic E-state index is 12.1. The number of carbonyl (C=O) groups excluding carboxylic acids is 1. The van der Waals surface area contributed by atoms with E-state index in [1.165, 1.54) is 0 Å². The molecule has 0 aromatic heterocycles. The fourth-order valence-electron chi connectivity index (χ4n) is 2.59. The van der Waals surface area contributed by atoms with Crippen LogP contribution >= 0.6 is 0 Å². The van der Waals surface area contributed by atoms with Crippen molar-refractivity contribution < 1.29 is 9.53 Å². The number of rotatable bonds is 4. The zero-order valence-corrected chi connectivity index (χ0v) is 10.7. The minimum atomic E-state index is 0.283. The Kier molecular flexibility index (Phi) is 4.76. The van der Waals surface area contributed by atoms with Gasteiger partial charge >= 0.3 is 0 Å². The van der Waals surface area contributed by atoms with E-state index in [1.54, 1.807) is 7.11 Å². The van der Waals surface area contributed by atoms with Crippen molar-refractivity contribution in [3.63, 3.8) is 0 Å². The highest BCUT2D eigenvalue weighted by atomic mass is 16.5. The Hall–Kier alpha value is -0.650. The van der Waals surface area contributed by atoms with Gasteiger partial charge in [0.25, 0.3) is 0 Å². The summed E-state index contributed by atoms with van der Waals surface area (Å²) in [5.74, 6) is 0.817. The van der Waals surface area contributed by atoms with Gasteiger partial charge < -0.3 is 15.0 Å². The van der Waals surface area contributed by atoms with E-state index in [4.69, 9.17) is 4.74 Å². The number of piperazine rings is 1. The molecule has 1 N–H and O–H groups in total. The van der Waals surface area contributed by atoms with E-state index < -0.39 is 0 Å². The number of amides is 1. The Balaban J connectivity index is 1.72. The second kappa shape index (κ2) is 6.33. The van der Waals surface area contributed by atoms with Crippen molar-refractivity contribution in [1.29, 1.82) is 0 Å². The number of hydrogen-bond acceptors (Lipinski definition) is 4. The lowest BCUT2D eigenvalue weighted by Gasteiger charge is -2.28. The van der Waals surface area contributed by atoms with Crippen molar-refractivity contribution in [3.05, 3.63) is 0 Å². The standard InChI is InChI=1S/C12H23N3O2/c1-17-10-11-2-5-15(8-11)12(16)9-14-6-3-13-4-7-14/h11,13H,2-10H2,1H3. The SMILES string of the molecule is COCC1CCN(C(=O)CN2CCNCC2)C1. The van der Waals surface area contributed by atoms with Crippen LogP contribution in [0.4, 0.5) is 0 Å². The average Bonchev–Trinajstić information content (AvgIpc) is 2.79. The molecule has 0 aliphatic carbocycles. The second-order valence-corrected chi connectivity index (χ2v) is 4.98. The number of ether oxygens (including phenoxy) is 1. The molecule has 0 bridgehead atoms. The first-order valence-electron chi connectivity index (χ1n) is 6.49. The van der Waals surface area contributed by atoms with Crippen LogP contribution in [0.1, 0.15) is 6.42 Å². The molecular weight excluding hydrogens is 218 g/mol. The molecule has 5 nitrogen and oxygen atoms in total. The van der Waals surface area contributed by atoms with Crippen LogP contribution in [0.3, 0.4) is 0 Å². The molecule has 0 radical (unpaired) electrons. The Bertz CT molecular complexity index is 254. The summed E-state index contributed by atoms with van der Waals surface area (Å²) < 4.78 is 5.15. The second-order valence-electron chi connectivity index (χ2n) is 4.98. The fraction of sp³-hybridized carbons (Fsp3) is 0.917. The lowest BCUT2D eigenvalue weighted by atomic mass is 10.1. The van der Waals surface area contributed by atoms with Gasteiger partial charge in [-0.05, 0) is 6.42 Å². The van der Waals surface area contributed by atoms with Gasteiger partial charge in [0, 0.05) is 52.3 Å². The van der Waals surface area contributed by atoms with Gasteiger partial charge in [0.1, 0.15) is 0 Å². The van der Waals surface area contributed by atoms with Crippen LogP contribution in [0.25, 0.3) is 0 Å². The Morgan fingerprint density at radius 3 is 2.82 bits per heavy atom. The van der Waals surface area contributed by atoms with Crippen molar-refractivity contribution in [2.45, 2.75) is 6.42 Å². The molecule has 1 amide bonds. The average molecular weight is 241 g/mol. The minimum Gasteiger partial charge on any atom is -0.384 e. The number of hydrogen-bond donors (Lipinski definition) is 1. The van der Waals surface area contributed by atoms with Crippen LogP contribution in [-0.4, -0.2) is 75.2 Å². The van der Waals surface area contributed by atoms with Crippen LogP contribution in [0.2, 0.25) is 0 Å². The molecule has 1 atom stereocenters. The normalized spacial score (nSPS) is 26.4. The van der Waals surface area contributed by atoms with E-state index in [1.807, 2.05) is 4.90 Å². The lowest BCUT2D eigenvalue weighted by molar-refractivity contribution is -0.131. The van der Waals surface area contributed by atoms with E-state index in [0.717, 1.165) is 52.3 Å². The van der Waals surface area contributed by atoms with Crippen molar-refractivity contribution in [2.24, 2.45) is 5.92 Å². The summed E-state index contributed by atoms with van der Waals surface area (Å²) in [4.78, 5) is 16.3. The molecule has 17 heavy (non-hydrogen) atoms. The maximum atomic E-state index is 12.1. The Labute approximate surface area is 103 Å². The topological polar surface area (TPSA) is 44.8 Å². The van der Waals surface area contributed by atoms with Crippen LogP contribution in [0.5, 0.6) is 0 Å². The largest absolute Gasteiger partial charge is 0.384 e. The predicted molar refractivity (Wildman–Crippen MR) is 65.9 cm³/mol. The first kappa shape index (κ1) is 12.8. The number of nitrogens with zero attached hydrogens (tertiary/aromatic N) is 2. The van der Waals surface area contributed by atoms with Gasteiger partial charge in [0.05, 0.1) is 13.2 Å². The van der Waals surface area contributed by atoms with Crippen molar-refractivity contribution in [1.82, 2.24) is 15.1 Å². The molecule has 2 aliphatic heterocycles. The van der Waals surface area contributed by atoms with Crippen molar-refractivity contribution in [3.8, 4) is 0 Å². The van der Waals surface area contributed by atoms with Gasteiger partial charge in [-0.3, -0.25) is 9.69 Å². The third-order valence-electron chi connectivity index (χ3n) is 3.61. The highest BCUT2D eigenvalue weighted by molar-refractivity contribution is 5.78. The van der Waals surface area contributed by atoms with Crippen LogP contribution in [0, 0.1) is 5.92 Å². The van der Waals surface area contributed by atoms with Gasteiger partial charge in [-0.25, -0.2) is 0 Å². The maximum Gasteiger partial charge on any atom is 0.236 e. The number of nitrogens with one attached hydrogen (secondary N) is 1. The molecule has 0 spiro atoms. The summed E-state index contributed by atoms with van der Waals surface area (Å²) >= 11 is 0. The van der Waals surface area contributed by atoms with E-state index in [2.05, 4.69) is 10.2 Å². The first-order valence-corrected chi connectivity index (χ1v) is 6.49. The number of methoxy groups -OCH3 is 1. The molecule has 2 rings (SSSR count). The highest BCUT2D eigenvalue weighted by Crippen LogP contribution is 2.16. The summed E-state index contributed by atoms with van der Waals surface area (Å²) in [6.45, 7) is 7.11. The molecule has 2 aliphatic rings. The number of carbonyl (C=O) groups is 1. The molecule has 2 heterocycles. The minimum absolute atomic E-state index is 0.283. The molecule has 5 heteroatoms. The smallest absolute Gasteiger partial charge is 0.236 e. The van der Waals surface area contributed by atoms with Crippen LogP contribution < -0.4 is 5.32 Å².